The second-order valence-corrected chi connectivity index (χ2v) is 6.26. The van der Waals surface area contributed by atoms with Crippen molar-refractivity contribution in [3.05, 3.63) is 17.8 Å². The first-order valence-electron chi connectivity index (χ1n) is 7.46. The van der Waals surface area contributed by atoms with E-state index in [-0.39, 0.29) is 23.8 Å². The Morgan fingerprint density at radius 1 is 1.48 bits per heavy atom. The molecule has 2 atom stereocenters. The topological polar surface area (TPSA) is 75.4 Å². The third kappa shape index (κ3) is 2.43. The number of hydrogen-bond acceptors (Lipinski definition) is 4. The van der Waals surface area contributed by atoms with Crippen molar-refractivity contribution in [1.82, 2.24) is 15.2 Å². The summed E-state index contributed by atoms with van der Waals surface area (Å²) in [4.78, 5) is 30.9. The molecule has 1 aromatic rings. The van der Waals surface area contributed by atoms with Crippen LogP contribution in [0.1, 0.15) is 50.8 Å². The van der Waals surface area contributed by atoms with Crippen LogP contribution < -0.4 is 5.32 Å². The van der Waals surface area contributed by atoms with Crippen LogP contribution in [0.15, 0.2) is 10.6 Å². The van der Waals surface area contributed by atoms with E-state index in [1.807, 2.05) is 20.8 Å². The van der Waals surface area contributed by atoms with E-state index in [0.717, 1.165) is 18.6 Å². The molecule has 0 aromatic carbocycles. The largest absolute Gasteiger partial charge is 0.444 e. The smallest absolute Gasteiger partial charge is 0.249 e. The van der Waals surface area contributed by atoms with E-state index in [1.165, 1.54) is 0 Å². The van der Waals surface area contributed by atoms with Gasteiger partial charge in [0.25, 0.3) is 0 Å². The fourth-order valence-electron chi connectivity index (χ4n) is 3.03. The summed E-state index contributed by atoms with van der Waals surface area (Å²) in [6.07, 6.45) is 3.95. The molecule has 1 saturated heterocycles. The van der Waals surface area contributed by atoms with Gasteiger partial charge in [-0.15, -0.1) is 0 Å². The third-order valence-electron chi connectivity index (χ3n) is 4.54. The predicted molar refractivity (Wildman–Crippen MR) is 75.3 cm³/mol. The maximum atomic E-state index is 13.0. The Labute approximate surface area is 123 Å². The van der Waals surface area contributed by atoms with Crippen LogP contribution in [-0.2, 0) is 9.59 Å². The second kappa shape index (κ2) is 4.86. The van der Waals surface area contributed by atoms with Crippen LogP contribution in [-0.4, -0.2) is 33.8 Å². The summed E-state index contributed by atoms with van der Waals surface area (Å²) in [6, 6.07) is -0.267. The number of amides is 2. The van der Waals surface area contributed by atoms with E-state index < -0.39 is 5.54 Å². The highest BCUT2D eigenvalue weighted by molar-refractivity contribution is 5.94. The van der Waals surface area contributed by atoms with E-state index in [4.69, 9.17) is 4.42 Å². The number of rotatable bonds is 3. The normalized spacial score (nSPS) is 28.2. The van der Waals surface area contributed by atoms with Gasteiger partial charge >= 0.3 is 0 Å². The van der Waals surface area contributed by atoms with E-state index in [1.54, 1.807) is 11.1 Å². The lowest BCUT2D eigenvalue weighted by Crippen LogP contribution is -2.57. The molecule has 2 aliphatic rings. The first-order valence-corrected chi connectivity index (χ1v) is 7.46. The van der Waals surface area contributed by atoms with Gasteiger partial charge in [-0.1, -0.05) is 0 Å². The Hall–Kier alpha value is -1.85. The standard InChI is InChI=1S/C15H21N3O3/c1-9-8-16-13(21-9)10(2)18-7-6-12(19)17-15(3,14(18)20)11-4-5-11/h8,10-11H,4-7H2,1-3H3,(H,17,19). The first kappa shape index (κ1) is 14.1. The summed E-state index contributed by atoms with van der Waals surface area (Å²) in [7, 11) is 0. The van der Waals surface area contributed by atoms with Crippen molar-refractivity contribution < 1.29 is 14.0 Å². The Balaban J connectivity index is 1.89. The third-order valence-corrected chi connectivity index (χ3v) is 4.54. The van der Waals surface area contributed by atoms with Gasteiger partial charge in [0, 0.05) is 13.0 Å². The molecule has 2 amide bonds. The van der Waals surface area contributed by atoms with Gasteiger partial charge in [0.05, 0.1) is 6.20 Å². The van der Waals surface area contributed by atoms with Crippen LogP contribution in [0.5, 0.6) is 0 Å². The zero-order valence-corrected chi connectivity index (χ0v) is 12.7. The summed E-state index contributed by atoms with van der Waals surface area (Å²) in [5.74, 6) is 1.40. The van der Waals surface area contributed by atoms with E-state index >= 15 is 0 Å². The molecule has 0 bridgehead atoms. The van der Waals surface area contributed by atoms with Gasteiger partial charge in [-0.05, 0) is 39.5 Å². The zero-order valence-electron chi connectivity index (χ0n) is 12.7. The molecule has 1 aromatic heterocycles. The molecular formula is C15H21N3O3. The van der Waals surface area contributed by atoms with Crippen molar-refractivity contribution in [3.8, 4) is 0 Å². The van der Waals surface area contributed by atoms with Crippen LogP contribution >= 0.6 is 0 Å². The minimum absolute atomic E-state index is 0.0285. The molecule has 6 nitrogen and oxygen atoms in total. The highest BCUT2D eigenvalue weighted by Gasteiger charge is 2.52. The number of carbonyl (C=O) groups excluding carboxylic acids is 2. The quantitative estimate of drug-likeness (QED) is 0.917. The molecule has 0 radical (unpaired) electrons. The first-order chi connectivity index (χ1) is 9.91. The van der Waals surface area contributed by atoms with Crippen molar-refractivity contribution >= 4 is 11.8 Å². The second-order valence-electron chi connectivity index (χ2n) is 6.26. The molecule has 6 heteroatoms. The SMILES string of the molecule is Cc1cnc(C(C)N2CCC(=O)NC(C)(C3CC3)C2=O)o1. The summed E-state index contributed by atoms with van der Waals surface area (Å²) in [6.45, 7) is 5.96. The number of hydrogen-bond donors (Lipinski definition) is 1. The van der Waals surface area contributed by atoms with Gasteiger partial charge in [0.2, 0.25) is 17.7 Å². The van der Waals surface area contributed by atoms with Crippen molar-refractivity contribution in [1.29, 1.82) is 0 Å². The average molecular weight is 291 g/mol. The van der Waals surface area contributed by atoms with Crippen molar-refractivity contribution in [3.63, 3.8) is 0 Å². The highest BCUT2D eigenvalue weighted by atomic mass is 16.4. The molecule has 21 heavy (non-hydrogen) atoms. The van der Waals surface area contributed by atoms with Gasteiger partial charge in [0.15, 0.2) is 0 Å². The Morgan fingerprint density at radius 2 is 2.19 bits per heavy atom. The maximum Gasteiger partial charge on any atom is 0.249 e. The predicted octanol–water partition coefficient (Wildman–Crippen LogP) is 1.56. The van der Waals surface area contributed by atoms with Crippen molar-refractivity contribution in [2.75, 3.05) is 6.54 Å². The van der Waals surface area contributed by atoms with Crippen molar-refractivity contribution in [2.45, 2.75) is 51.6 Å². The fraction of sp³-hybridized carbons (Fsp3) is 0.667. The Morgan fingerprint density at radius 3 is 2.76 bits per heavy atom. The number of aryl methyl sites for hydroxylation is 1. The molecule has 2 unspecified atom stereocenters. The molecule has 114 valence electrons. The average Bonchev–Trinajstić information content (AvgIpc) is 3.21. The monoisotopic (exact) mass is 291 g/mol. The van der Waals surface area contributed by atoms with Crippen molar-refractivity contribution in [2.24, 2.45) is 5.92 Å². The lowest BCUT2D eigenvalue weighted by molar-refractivity contribution is -0.141. The zero-order chi connectivity index (χ0) is 15.2. The van der Waals surface area contributed by atoms with Gasteiger partial charge in [-0.3, -0.25) is 9.59 Å². The van der Waals surface area contributed by atoms with Gasteiger partial charge < -0.3 is 14.6 Å². The molecule has 0 spiro atoms. The highest BCUT2D eigenvalue weighted by Crippen LogP contribution is 2.42. The van der Waals surface area contributed by atoms with E-state index in [2.05, 4.69) is 10.3 Å². The van der Waals surface area contributed by atoms with Gasteiger partial charge in [-0.25, -0.2) is 4.98 Å². The molecule has 2 fully saturated rings. The van der Waals surface area contributed by atoms with Crippen LogP contribution in [0.2, 0.25) is 0 Å². The Kier molecular flexibility index (Phi) is 3.26. The maximum absolute atomic E-state index is 13.0. The molecule has 1 aliphatic heterocycles. The number of nitrogens with one attached hydrogen (secondary N) is 1. The van der Waals surface area contributed by atoms with Gasteiger partial charge in [-0.2, -0.15) is 0 Å². The summed E-state index contributed by atoms with van der Waals surface area (Å²) in [5, 5.41) is 2.93. The molecule has 2 heterocycles. The number of carbonyl (C=O) groups is 2. The molecule has 1 saturated carbocycles. The Bertz CT molecular complexity index is 578. The van der Waals surface area contributed by atoms with E-state index in [0.29, 0.717) is 18.9 Å². The summed E-state index contributed by atoms with van der Waals surface area (Å²) in [5.41, 5.74) is -0.788. The summed E-state index contributed by atoms with van der Waals surface area (Å²) >= 11 is 0. The molecule has 1 N–H and O–H groups in total. The molecule has 1 aliphatic carbocycles. The van der Waals surface area contributed by atoms with E-state index in [9.17, 15) is 9.59 Å². The lowest BCUT2D eigenvalue weighted by atomic mass is 9.93. The van der Waals surface area contributed by atoms with Gasteiger partial charge in [0.1, 0.15) is 17.3 Å². The molecule has 3 rings (SSSR count). The number of nitrogens with zero attached hydrogens (tertiary/aromatic N) is 2. The van der Waals surface area contributed by atoms with Crippen LogP contribution in [0, 0.1) is 12.8 Å². The molecular weight excluding hydrogens is 270 g/mol. The number of aromatic nitrogens is 1. The lowest BCUT2D eigenvalue weighted by Gasteiger charge is -2.34. The minimum atomic E-state index is -0.788. The fourth-order valence-corrected chi connectivity index (χ4v) is 3.03. The van der Waals surface area contributed by atoms with Crippen LogP contribution in [0.4, 0.5) is 0 Å². The van der Waals surface area contributed by atoms with Crippen LogP contribution in [0.25, 0.3) is 0 Å². The summed E-state index contributed by atoms with van der Waals surface area (Å²) < 4.78 is 5.55. The van der Waals surface area contributed by atoms with Crippen LogP contribution in [0.3, 0.4) is 0 Å². The minimum Gasteiger partial charge on any atom is -0.444 e. The number of oxazole rings is 1.